The van der Waals surface area contributed by atoms with Crippen molar-refractivity contribution in [1.29, 1.82) is 0 Å². The van der Waals surface area contributed by atoms with Crippen LogP contribution in [-0.2, 0) is 23.6 Å². The van der Waals surface area contributed by atoms with E-state index in [0.717, 1.165) is 0 Å². The Morgan fingerprint density at radius 2 is 1.92 bits per heavy atom. The summed E-state index contributed by atoms with van der Waals surface area (Å²) >= 11 is 0. The molecule has 2 aliphatic heterocycles. The average Bonchev–Trinajstić information content (AvgIpc) is 3.30. The number of imidazole rings is 1. The second-order valence-electron chi connectivity index (χ2n) is 6.37. The Balaban J connectivity index is 1.44. The van der Waals surface area contributed by atoms with Crippen molar-refractivity contribution < 1.29 is 17.9 Å². The van der Waals surface area contributed by atoms with E-state index in [1.807, 2.05) is 0 Å². The minimum absolute atomic E-state index is 0.0416. The van der Waals surface area contributed by atoms with E-state index in [-0.39, 0.29) is 24.0 Å². The summed E-state index contributed by atoms with van der Waals surface area (Å²) < 4.78 is 35.5. The first-order chi connectivity index (χ1) is 12.4. The van der Waals surface area contributed by atoms with Gasteiger partial charge in [-0.2, -0.15) is 9.40 Å². The topological polar surface area (TPSA) is 103 Å². The molecule has 2 aliphatic rings. The minimum Gasteiger partial charge on any atom is -0.476 e. The molecule has 26 heavy (non-hydrogen) atoms. The summed E-state index contributed by atoms with van der Waals surface area (Å²) in [6, 6.07) is 1.63. The maximum Gasteiger partial charge on any atom is 0.274 e. The van der Waals surface area contributed by atoms with Gasteiger partial charge in [0.1, 0.15) is 12.4 Å². The molecule has 4 heterocycles. The van der Waals surface area contributed by atoms with Crippen molar-refractivity contribution in [2.45, 2.75) is 18.5 Å². The number of carbonyl (C=O) groups excluding carboxylic acids is 1. The maximum atomic E-state index is 12.7. The highest BCUT2D eigenvalue weighted by atomic mass is 32.2. The minimum atomic E-state index is -3.65. The van der Waals surface area contributed by atoms with Crippen LogP contribution in [0.2, 0.25) is 0 Å². The van der Waals surface area contributed by atoms with Crippen LogP contribution in [0.1, 0.15) is 16.3 Å². The van der Waals surface area contributed by atoms with Gasteiger partial charge < -0.3 is 14.2 Å². The van der Waals surface area contributed by atoms with Gasteiger partial charge in [0, 0.05) is 45.5 Å². The molecule has 140 valence electrons. The third-order valence-electron chi connectivity index (χ3n) is 4.73. The zero-order valence-electron chi connectivity index (χ0n) is 14.6. The van der Waals surface area contributed by atoms with Gasteiger partial charge in [-0.05, 0) is 6.92 Å². The lowest BCUT2D eigenvalue weighted by atomic mass is 10.3. The molecule has 0 N–H and O–H groups in total. The Morgan fingerprint density at radius 3 is 2.54 bits per heavy atom. The summed E-state index contributed by atoms with van der Waals surface area (Å²) in [6.45, 7) is 4.04. The fraction of sp³-hybridized carbons (Fsp3) is 0.533. The number of hydrogen-bond donors (Lipinski definition) is 0. The number of sulfonamides is 1. The number of rotatable bonds is 3. The summed E-state index contributed by atoms with van der Waals surface area (Å²) in [5, 5.41) is 4.29. The quantitative estimate of drug-likeness (QED) is 0.709. The van der Waals surface area contributed by atoms with Crippen molar-refractivity contribution in [1.82, 2.24) is 28.5 Å². The molecule has 0 unspecified atom stereocenters. The molecule has 0 spiro atoms. The molecule has 10 nitrogen and oxygen atoms in total. The molecule has 0 bridgehead atoms. The summed E-state index contributed by atoms with van der Waals surface area (Å²) in [5.74, 6) is 1.02. The SMILES string of the molecule is Cc1nc(S(=O)(=O)N2CCN(C(=O)c3cc4n(n3)CCO4)CC2)cn1C. The molecule has 11 heteroatoms. The summed E-state index contributed by atoms with van der Waals surface area (Å²) in [4.78, 5) is 18.3. The molecule has 1 saturated heterocycles. The molecule has 1 fully saturated rings. The molecule has 0 saturated carbocycles. The Labute approximate surface area is 151 Å². The van der Waals surface area contributed by atoms with Crippen LogP contribution < -0.4 is 4.74 Å². The molecule has 4 rings (SSSR count). The number of amides is 1. The fourth-order valence-corrected chi connectivity index (χ4v) is 4.54. The number of nitrogens with zero attached hydrogens (tertiary/aromatic N) is 6. The normalized spacial score (nSPS) is 18.0. The molecule has 0 aromatic carbocycles. The molecule has 2 aromatic heterocycles. The van der Waals surface area contributed by atoms with Crippen LogP contribution in [0, 0.1) is 6.92 Å². The van der Waals surface area contributed by atoms with Gasteiger partial charge >= 0.3 is 0 Å². The van der Waals surface area contributed by atoms with Crippen LogP contribution in [0.5, 0.6) is 5.88 Å². The smallest absolute Gasteiger partial charge is 0.274 e. The second-order valence-corrected chi connectivity index (χ2v) is 8.26. The predicted molar refractivity (Wildman–Crippen MR) is 90.3 cm³/mol. The van der Waals surface area contributed by atoms with Crippen molar-refractivity contribution in [2.75, 3.05) is 32.8 Å². The fourth-order valence-electron chi connectivity index (χ4n) is 3.09. The number of aromatic nitrogens is 4. The molecule has 1 amide bonds. The first-order valence-corrected chi connectivity index (χ1v) is 9.80. The Kier molecular flexibility index (Phi) is 3.99. The van der Waals surface area contributed by atoms with Gasteiger partial charge in [0.15, 0.2) is 10.7 Å². The molecule has 0 radical (unpaired) electrons. The standard InChI is InChI=1S/C15H20N6O4S/c1-11-16-13(10-18(11)2)26(23,24)20-5-3-19(4-6-20)15(22)12-9-14-21(17-12)7-8-25-14/h9-10H,3-8H2,1-2H3. The van der Waals surface area contributed by atoms with Gasteiger partial charge in [0.2, 0.25) is 5.88 Å². The van der Waals surface area contributed by atoms with Crippen LogP contribution in [0.15, 0.2) is 17.3 Å². The van der Waals surface area contributed by atoms with Crippen LogP contribution in [-0.4, -0.2) is 75.6 Å². The van der Waals surface area contributed by atoms with Crippen LogP contribution in [0.25, 0.3) is 0 Å². The van der Waals surface area contributed by atoms with Gasteiger partial charge in [-0.1, -0.05) is 0 Å². The van der Waals surface area contributed by atoms with Crippen LogP contribution in [0.4, 0.5) is 0 Å². The third-order valence-corrected chi connectivity index (χ3v) is 6.50. The number of aryl methyl sites for hydroxylation is 2. The molecule has 0 atom stereocenters. The number of fused-ring (bicyclic) bond motifs is 1. The highest BCUT2D eigenvalue weighted by Gasteiger charge is 2.33. The van der Waals surface area contributed by atoms with E-state index >= 15 is 0 Å². The Hall–Kier alpha value is -2.40. The van der Waals surface area contributed by atoms with E-state index < -0.39 is 10.0 Å². The first kappa shape index (κ1) is 17.0. The van der Waals surface area contributed by atoms with Crippen molar-refractivity contribution >= 4 is 15.9 Å². The lowest BCUT2D eigenvalue weighted by molar-refractivity contribution is 0.0690. The lowest BCUT2D eigenvalue weighted by Crippen LogP contribution is -2.50. The first-order valence-electron chi connectivity index (χ1n) is 8.36. The van der Waals surface area contributed by atoms with Gasteiger partial charge in [-0.15, -0.1) is 0 Å². The van der Waals surface area contributed by atoms with Gasteiger partial charge in [-0.3, -0.25) is 4.79 Å². The maximum absolute atomic E-state index is 12.7. The Morgan fingerprint density at radius 1 is 1.19 bits per heavy atom. The summed E-state index contributed by atoms with van der Waals surface area (Å²) in [7, 11) is -1.90. The third kappa shape index (κ3) is 2.76. The lowest BCUT2D eigenvalue weighted by Gasteiger charge is -2.33. The zero-order valence-corrected chi connectivity index (χ0v) is 15.4. The summed E-state index contributed by atoms with van der Waals surface area (Å²) in [6.07, 6.45) is 1.51. The van der Waals surface area contributed by atoms with E-state index in [2.05, 4.69) is 10.1 Å². The average molecular weight is 380 g/mol. The number of piperazine rings is 1. The number of carbonyl (C=O) groups is 1. The summed E-state index contributed by atoms with van der Waals surface area (Å²) in [5.41, 5.74) is 0.330. The van der Waals surface area contributed by atoms with Crippen molar-refractivity contribution in [3.05, 3.63) is 23.8 Å². The van der Waals surface area contributed by atoms with Gasteiger partial charge in [0.25, 0.3) is 15.9 Å². The van der Waals surface area contributed by atoms with E-state index in [0.29, 0.717) is 43.6 Å². The molecule has 2 aromatic rings. The van der Waals surface area contributed by atoms with Crippen molar-refractivity contribution in [3.8, 4) is 5.88 Å². The van der Waals surface area contributed by atoms with Gasteiger partial charge in [-0.25, -0.2) is 18.1 Å². The monoisotopic (exact) mass is 380 g/mol. The van der Waals surface area contributed by atoms with Crippen LogP contribution >= 0.6 is 0 Å². The highest BCUT2D eigenvalue weighted by molar-refractivity contribution is 7.89. The molecular formula is C15H20N6O4S. The van der Waals surface area contributed by atoms with E-state index in [9.17, 15) is 13.2 Å². The highest BCUT2D eigenvalue weighted by Crippen LogP contribution is 2.21. The second kappa shape index (κ2) is 6.09. The number of hydrogen-bond acceptors (Lipinski definition) is 6. The zero-order chi connectivity index (χ0) is 18.5. The van der Waals surface area contributed by atoms with Crippen molar-refractivity contribution in [3.63, 3.8) is 0 Å². The molecule has 0 aliphatic carbocycles. The van der Waals surface area contributed by atoms with E-state index in [4.69, 9.17) is 4.74 Å². The van der Waals surface area contributed by atoms with E-state index in [1.54, 1.807) is 34.2 Å². The Bertz CT molecular complexity index is 914. The predicted octanol–water partition coefficient (Wildman–Crippen LogP) is -0.536. The van der Waals surface area contributed by atoms with Gasteiger partial charge in [0.05, 0.1) is 6.54 Å². The van der Waals surface area contributed by atoms with E-state index in [1.165, 1.54) is 10.5 Å². The number of ether oxygens (including phenoxy) is 1. The van der Waals surface area contributed by atoms with Crippen molar-refractivity contribution in [2.24, 2.45) is 7.05 Å². The molecular weight excluding hydrogens is 360 g/mol. The largest absolute Gasteiger partial charge is 0.476 e. The van der Waals surface area contributed by atoms with Crippen LogP contribution in [0.3, 0.4) is 0 Å².